The molecule has 76 valence electrons. The third-order valence-electron chi connectivity index (χ3n) is 2.57. The average molecular weight is 303 g/mol. The topological polar surface area (TPSA) is 21.3 Å². The van der Waals surface area contributed by atoms with E-state index in [4.69, 9.17) is 4.74 Å². The highest BCUT2D eigenvalue weighted by atomic mass is 127. The Hall–Kier alpha value is -0.290. The molecule has 0 amide bonds. The minimum absolute atomic E-state index is 0.328. The van der Waals surface area contributed by atoms with E-state index in [9.17, 15) is 0 Å². The predicted molar refractivity (Wildman–Crippen MR) is 66.6 cm³/mol. The molecule has 0 aromatic heterocycles. The van der Waals surface area contributed by atoms with Gasteiger partial charge in [-0.3, -0.25) is 0 Å². The van der Waals surface area contributed by atoms with Crippen molar-refractivity contribution in [3.05, 3.63) is 27.8 Å². The lowest BCUT2D eigenvalue weighted by atomic mass is 10.1. The molecule has 14 heavy (non-hydrogen) atoms. The maximum absolute atomic E-state index is 5.50. The summed E-state index contributed by atoms with van der Waals surface area (Å²) in [5, 5.41) is 3.49. The Labute approximate surface area is 98.2 Å². The van der Waals surface area contributed by atoms with E-state index < -0.39 is 0 Å². The first-order valence-electron chi connectivity index (χ1n) is 4.89. The van der Waals surface area contributed by atoms with Gasteiger partial charge in [-0.2, -0.15) is 0 Å². The second-order valence-corrected chi connectivity index (χ2v) is 4.87. The van der Waals surface area contributed by atoms with Crippen molar-refractivity contribution < 1.29 is 4.74 Å². The highest BCUT2D eigenvalue weighted by Crippen LogP contribution is 2.19. The lowest BCUT2D eigenvalue weighted by molar-refractivity contribution is 0.121. The molecule has 0 bridgehead atoms. The van der Waals surface area contributed by atoms with Crippen LogP contribution in [-0.2, 0) is 4.74 Å². The first-order chi connectivity index (χ1) is 6.75. The average Bonchev–Trinajstić information content (AvgIpc) is 2.56. The Morgan fingerprint density at radius 3 is 2.64 bits per heavy atom. The van der Waals surface area contributed by atoms with Gasteiger partial charge in [0.1, 0.15) is 0 Å². The second-order valence-electron chi connectivity index (χ2n) is 3.62. The highest BCUT2D eigenvalue weighted by Gasteiger charge is 2.23. The van der Waals surface area contributed by atoms with Crippen LogP contribution in [0, 0.1) is 3.57 Å². The van der Waals surface area contributed by atoms with Crippen molar-refractivity contribution in [3.63, 3.8) is 0 Å². The van der Waals surface area contributed by atoms with E-state index >= 15 is 0 Å². The molecule has 0 radical (unpaired) electrons. The maximum Gasteiger partial charge on any atom is 0.0748 e. The summed E-state index contributed by atoms with van der Waals surface area (Å²) >= 11 is 2.31. The van der Waals surface area contributed by atoms with Crippen LogP contribution in [0.2, 0.25) is 0 Å². The van der Waals surface area contributed by atoms with Gasteiger partial charge in [0.25, 0.3) is 0 Å². The van der Waals surface area contributed by atoms with Crippen molar-refractivity contribution in [2.45, 2.75) is 25.5 Å². The normalized spacial score (nSPS) is 26.4. The molecule has 2 unspecified atom stereocenters. The van der Waals surface area contributed by atoms with Crippen LogP contribution in [0.4, 0.5) is 5.69 Å². The van der Waals surface area contributed by atoms with Crippen molar-refractivity contribution in [3.8, 4) is 0 Å². The lowest BCUT2D eigenvalue weighted by Crippen LogP contribution is -2.26. The van der Waals surface area contributed by atoms with Crippen molar-refractivity contribution in [2.24, 2.45) is 0 Å². The molecule has 0 aliphatic carbocycles. The number of ether oxygens (including phenoxy) is 1. The van der Waals surface area contributed by atoms with Gasteiger partial charge in [-0.1, -0.05) is 0 Å². The summed E-state index contributed by atoms with van der Waals surface area (Å²) in [5.74, 6) is 0. The summed E-state index contributed by atoms with van der Waals surface area (Å²) in [7, 11) is 0. The Balaban J connectivity index is 2.00. The molecule has 2 nitrogen and oxygen atoms in total. The van der Waals surface area contributed by atoms with Crippen LogP contribution >= 0.6 is 22.6 Å². The summed E-state index contributed by atoms with van der Waals surface area (Å²) in [4.78, 5) is 0. The predicted octanol–water partition coefficient (Wildman–Crippen LogP) is 2.88. The molecular weight excluding hydrogens is 289 g/mol. The number of benzene rings is 1. The van der Waals surface area contributed by atoms with Gasteiger partial charge in [0.15, 0.2) is 0 Å². The molecule has 1 N–H and O–H groups in total. The van der Waals surface area contributed by atoms with Gasteiger partial charge in [0.05, 0.1) is 12.1 Å². The first-order valence-corrected chi connectivity index (χ1v) is 5.97. The first kappa shape index (κ1) is 10.2. The Morgan fingerprint density at radius 2 is 2.07 bits per heavy atom. The molecule has 2 atom stereocenters. The van der Waals surface area contributed by atoms with Crippen molar-refractivity contribution in [1.82, 2.24) is 0 Å². The quantitative estimate of drug-likeness (QED) is 0.848. The molecule has 2 rings (SSSR count). The third-order valence-corrected chi connectivity index (χ3v) is 3.29. The van der Waals surface area contributed by atoms with Gasteiger partial charge < -0.3 is 10.1 Å². The number of nitrogens with one attached hydrogen (secondary N) is 1. The largest absolute Gasteiger partial charge is 0.380 e. The van der Waals surface area contributed by atoms with Crippen molar-refractivity contribution in [2.75, 3.05) is 11.9 Å². The zero-order valence-corrected chi connectivity index (χ0v) is 10.3. The highest BCUT2D eigenvalue weighted by molar-refractivity contribution is 14.1. The second kappa shape index (κ2) is 4.49. The molecule has 1 aromatic carbocycles. The van der Waals surface area contributed by atoms with Crippen LogP contribution in [0.1, 0.15) is 13.3 Å². The summed E-state index contributed by atoms with van der Waals surface area (Å²) in [6, 6.07) is 8.93. The minimum Gasteiger partial charge on any atom is -0.380 e. The van der Waals surface area contributed by atoms with E-state index in [1.165, 1.54) is 9.26 Å². The van der Waals surface area contributed by atoms with Crippen LogP contribution < -0.4 is 5.32 Å². The molecule has 1 aliphatic rings. The molecule has 1 heterocycles. The molecule has 1 saturated heterocycles. The van der Waals surface area contributed by atoms with Gasteiger partial charge in [-0.05, 0) is 60.2 Å². The van der Waals surface area contributed by atoms with Gasteiger partial charge in [0.2, 0.25) is 0 Å². The van der Waals surface area contributed by atoms with Gasteiger partial charge >= 0.3 is 0 Å². The van der Waals surface area contributed by atoms with Gasteiger partial charge in [-0.25, -0.2) is 0 Å². The van der Waals surface area contributed by atoms with Crippen LogP contribution in [0.3, 0.4) is 0 Å². The summed E-state index contributed by atoms with van der Waals surface area (Å²) in [5.41, 5.74) is 1.19. The number of anilines is 1. The van der Waals surface area contributed by atoms with Crippen LogP contribution in [0.5, 0.6) is 0 Å². The molecule has 1 fully saturated rings. The molecule has 0 spiro atoms. The summed E-state index contributed by atoms with van der Waals surface area (Å²) in [6.07, 6.45) is 1.43. The lowest BCUT2D eigenvalue weighted by Gasteiger charge is -2.17. The fourth-order valence-corrected chi connectivity index (χ4v) is 2.04. The van der Waals surface area contributed by atoms with E-state index in [1.54, 1.807) is 0 Å². The molecule has 0 saturated carbocycles. The van der Waals surface area contributed by atoms with Gasteiger partial charge in [0, 0.05) is 15.9 Å². The SMILES string of the molecule is CC1OCCC1Nc1ccc(I)cc1. The number of hydrogen-bond acceptors (Lipinski definition) is 2. The standard InChI is InChI=1S/C11H14INO/c1-8-11(6-7-14-8)13-10-4-2-9(12)3-5-10/h2-5,8,11,13H,6-7H2,1H3. The number of halogens is 1. The van der Waals surface area contributed by atoms with E-state index in [2.05, 4.69) is 59.1 Å². The zero-order valence-electron chi connectivity index (χ0n) is 8.16. The van der Waals surface area contributed by atoms with Crippen molar-refractivity contribution >= 4 is 28.3 Å². The third kappa shape index (κ3) is 2.39. The smallest absolute Gasteiger partial charge is 0.0748 e. The van der Waals surface area contributed by atoms with Crippen LogP contribution in [0.15, 0.2) is 24.3 Å². The van der Waals surface area contributed by atoms with E-state index in [0.29, 0.717) is 12.1 Å². The molecule has 1 aliphatic heterocycles. The van der Waals surface area contributed by atoms with E-state index in [1.807, 2.05) is 0 Å². The minimum atomic E-state index is 0.328. The zero-order chi connectivity index (χ0) is 9.97. The fraction of sp³-hybridized carbons (Fsp3) is 0.455. The Morgan fingerprint density at radius 1 is 1.36 bits per heavy atom. The fourth-order valence-electron chi connectivity index (χ4n) is 1.68. The maximum atomic E-state index is 5.50. The van der Waals surface area contributed by atoms with Crippen LogP contribution in [0.25, 0.3) is 0 Å². The summed E-state index contributed by atoms with van der Waals surface area (Å²) in [6.45, 7) is 3.00. The van der Waals surface area contributed by atoms with E-state index in [0.717, 1.165) is 13.0 Å². The molecule has 3 heteroatoms. The van der Waals surface area contributed by atoms with Crippen molar-refractivity contribution in [1.29, 1.82) is 0 Å². The van der Waals surface area contributed by atoms with E-state index in [-0.39, 0.29) is 0 Å². The summed E-state index contributed by atoms with van der Waals surface area (Å²) < 4.78 is 6.76. The number of hydrogen-bond donors (Lipinski definition) is 1. The number of rotatable bonds is 2. The van der Waals surface area contributed by atoms with Crippen LogP contribution in [-0.4, -0.2) is 18.8 Å². The Kier molecular flexibility index (Phi) is 3.28. The molecule has 1 aromatic rings. The van der Waals surface area contributed by atoms with Gasteiger partial charge in [-0.15, -0.1) is 0 Å². The monoisotopic (exact) mass is 303 g/mol. The Bertz CT molecular complexity index is 299. The molecular formula is C11H14INO.